The van der Waals surface area contributed by atoms with Crippen LogP contribution < -0.4 is 0 Å². The van der Waals surface area contributed by atoms with Crippen LogP contribution in [0.4, 0.5) is 0 Å². The van der Waals surface area contributed by atoms with Crippen LogP contribution in [0.25, 0.3) is 0 Å². The zero-order valence-corrected chi connectivity index (χ0v) is 8.48. The van der Waals surface area contributed by atoms with Gasteiger partial charge in [0.05, 0.1) is 0 Å². The zero-order valence-electron chi connectivity index (χ0n) is 8.48. The van der Waals surface area contributed by atoms with E-state index in [-0.39, 0.29) is 0 Å². The van der Waals surface area contributed by atoms with Gasteiger partial charge in [0.25, 0.3) is 0 Å². The first-order valence-corrected chi connectivity index (χ1v) is 4.86. The summed E-state index contributed by atoms with van der Waals surface area (Å²) in [6.07, 6.45) is 7.54. The van der Waals surface area contributed by atoms with Crippen molar-refractivity contribution in [1.82, 2.24) is 0 Å². The van der Waals surface area contributed by atoms with Crippen LogP contribution >= 0.6 is 0 Å². The molecule has 0 heteroatoms. The maximum atomic E-state index is 2.38. The minimum Gasteiger partial charge on any atom is -0.0856 e. The second-order valence-electron chi connectivity index (χ2n) is 3.49. The van der Waals surface area contributed by atoms with Crippen molar-refractivity contribution < 1.29 is 0 Å². The topological polar surface area (TPSA) is 0 Å². The third-order valence-corrected chi connectivity index (χ3v) is 2.41. The molecule has 0 spiro atoms. The summed E-state index contributed by atoms with van der Waals surface area (Å²) in [5.74, 6) is 0.899. The van der Waals surface area contributed by atoms with Gasteiger partial charge in [0.1, 0.15) is 0 Å². The van der Waals surface area contributed by atoms with Crippen molar-refractivity contribution in [2.45, 2.75) is 53.4 Å². The SMILES string of the molecule is CCC(C)=CCCC(C)CC. The lowest BCUT2D eigenvalue weighted by Gasteiger charge is -2.05. The van der Waals surface area contributed by atoms with Crippen molar-refractivity contribution in [2.24, 2.45) is 5.92 Å². The molecule has 1 unspecified atom stereocenters. The van der Waals surface area contributed by atoms with E-state index in [1.807, 2.05) is 0 Å². The molecule has 0 fully saturated rings. The predicted octanol–water partition coefficient (Wildman–Crippen LogP) is 4.17. The fraction of sp³-hybridized carbons (Fsp3) is 0.818. The van der Waals surface area contributed by atoms with Crippen LogP contribution in [0.2, 0.25) is 0 Å². The quantitative estimate of drug-likeness (QED) is 0.521. The van der Waals surface area contributed by atoms with E-state index in [0.29, 0.717) is 0 Å². The van der Waals surface area contributed by atoms with Crippen LogP contribution in [0.15, 0.2) is 11.6 Å². The molecule has 0 radical (unpaired) electrons. The summed E-state index contributed by atoms with van der Waals surface area (Å²) < 4.78 is 0. The summed E-state index contributed by atoms with van der Waals surface area (Å²) >= 11 is 0. The molecule has 0 aromatic carbocycles. The van der Waals surface area contributed by atoms with Crippen molar-refractivity contribution >= 4 is 0 Å². The maximum absolute atomic E-state index is 2.38. The Kier molecular flexibility index (Phi) is 6.30. The molecule has 11 heavy (non-hydrogen) atoms. The molecule has 0 saturated carbocycles. The predicted molar refractivity (Wildman–Crippen MR) is 52.7 cm³/mol. The number of allylic oxidation sites excluding steroid dienone is 2. The summed E-state index contributed by atoms with van der Waals surface area (Å²) in [5, 5.41) is 0. The first-order valence-electron chi connectivity index (χ1n) is 4.86. The summed E-state index contributed by atoms with van der Waals surface area (Å²) in [6.45, 7) is 9.03. The van der Waals surface area contributed by atoms with E-state index in [9.17, 15) is 0 Å². The minimum absolute atomic E-state index is 0.899. The van der Waals surface area contributed by atoms with E-state index >= 15 is 0 Å². The molecule has 1 atom stereocenters. The summed E-state index contributed by atoms with van der Waals surface area (Å²) in [6, 6.07) is 0. The van der Waals surface area contributed by atoms with E-state index in [4.69, 9.17) is 0 Å². The van der Waals surface area contributed by atoms with E-state index in [2.05, 4.69) is 33.8 Å². The molecule has 0 nitrogen and oxygen atoms in total. The molecule has 0 saturated heterocycles. The van der Waals surface area contributed by atoms with Gasteiger partial charge < -0.3 is 0 Å². The van der Waals surface area contributed by atoms with Gasteiger partial charge in [0, 0.05) is 0 Å². The molecule has 0 bridgehead atoms. The second kappa shape index (κ2) is 6.45. The molecule has 0 aliphatic carbocycles. The van der Waals surface area contributed by atoms with Crippen LogP contribution in [0.1, 0.15) is 53.4 Å². The van der Waals surface area contributed by atoms with Gasteiger partial charge in [-0.15, -0.1) is 0 Å². The Hall–Kier alpha value is -0.260. The van der Waals surface area contributed by atoms with Crippen molar-refractivity contribution in [3.8, 4) is 0 Å². The smallest absolute Gasteiger partial charge is 0.0346 e. The van der Waals surface area contributed by atoms with E-state index in [1.54, 1.807) is 0 Å². The second-order valence-corrected chi connectivity index (χ2v) is 3.49. The molecule has 0 amide bonds. The minimum atomic E-state index is 0.899. The van der Waals surface area contributed by atoms with Crippen molar-refractivity contribution in [3.63, 3.8) is 0 Å². The van der Waals surface area contributed by atoms with Crippen molar-refractivity contribution in [2.75, 3.05) is 0 Å². The van der Waals surface area contributed by atoms with Crippen LogP contribution in [-0.4, -0.2) is 0 Å². The van der Waals surface area contributed by atoms with Gasteiger partial charge in [-0.05, 0) is 32.1 Å². The molecule has 0 heterocycles. The van der Waals surface area contributed by atoms with Gasteiger partial charge in [-0.2, -0.15) is 0 Å². The highest BCUT2D eigenvalue weighted by molar-refractivity contribution is 4.96. The maximum Gasteiger partial charge on any atom is -0.0346 e. The van der Waals surface area contributed by atoms with Gasteiger partial charge in [-0.1, -0.05) is 38.8 Å². The Morgan fingerprint density at radius 2 is 2.00 bits per heavy atom. The normalized spacial score (nSPS) is 15.1. The lowest BCUT2D eigenvalue weighted by Crippen LogP contribution is -1.90. The third-order valence-electron chi connectivity index (χ3n) is 2.41. The molecule has 0 aliphatic heterocycles. The van der Waals surface area contributed by atoms with Crippen molar-refractivity contribution in [1.29, 1.82) is 0 Å². The van der Waals surface area contributed by atoms with Gasteiger partial charge in [-0.25, -0.2) is 0 Å². The van der Waals surface area contributed by atoms with E-state index in [0.717, 1.165) is 5.92 Å². The fourth-order valence-corrected chi connectivity index (χ4v) is 0.963. The Labute approximate surface area is 71.7 Å². The highest BCUT2D eigenvalue weighted by atomic mass is 14.0. The largest absolute Gasteiger partial charge is 0.0856 e. The first-order chi connectivity index (χ1) is 5.20. The highest BCUT2D eigenvalue weighted by Crippen LogP contribution is 2.11. The lowest BCUT2D eigenvalue weighted by molar-refractivity contribution is 0.521. The van der Waals surface area contributed by atoms with Crippen LogP contribution in [0.5, 0.6) is 0 Å². The van der Waals surface area contributed by atoms with Crippen LogP contribution in [0.3, 0.4) is 0 Å². The summed E-state index contributed by atoms with van der Waals surface area (Å²) in [5.41, 5.74) is 1.54. The fourth-order valence-electron chi connectivity index (χ4n) is 0.963. The average Bonchev–Trinajstić information content (AvgIpc) is 2.04. The Balaban J connectivity index is 3.39. The third kappa shape index (κ3) is 6.15. The average molecular weight is 154 g/mol. The first kappa shape index (κ1) is 10.7. The Bertz CT molecular complexity index is 111. The number of hydrogen-bond donors (Lipinski definition) is 0. The molecule has 0 aromatic rings. The molecule has 0 aromatic heterocycles. The van der Waals surface area contributed by atoms with Crippen LogP contribution in [-0.2, 0) is 0 Å². The van der Waals surface area contributed by atoms with E-state index in [1.165, 1.54) is 31.3 Å². The highest BCUT2D eigenvalue weighted by Gasteiger charge is 1.95. The van der Waals surface area contributed by atoms with E-state index < -0.39 is 0 Å². The molecular formula is C11H22. The zero-order chi connectivity index (χ0) is 8.69. The standard InChI is InChI=1S/C11H22/c1-5-10(3)8-7-9-11(4)6-2/h8,11H,5-7,9H2,1-4H3. The molecule has 0 rings (SSSR count). The lowest BCUT2D eigenvalue weighted by atomic mass is 10.0. The summed E-state index contributed by atoms with van der Waals surface area (Å²) in [4.78, 5) is 0. The molecular weight excluding hydrogens is 132 g/mol. The molecule has 0 aliphatic rings. The number of hydrogen-bond acceptors (Lipinski definition) is 0. The number of rotatable bonds is 5. The molecule has 0 N–H and O–H groups in total. The Morgan fingerprint density at radius 3 is 2.45 bits per heavy atom. The van der Waals surface area contributed by atoms with Crippen LogP contribution in [0, 0.1) is 5.92 Å². The van der Waals surface area contributed by atoms with Gasteiger partial charge in [0.15, 0.2) is 0 Å². The monoisotopic (exact) mass is 154 g/mol. The van der Waals surface area contributed by atoms with Crippen molar-refractivity contribution in [3.05, 3.63) is 11.6 Å². The van der Waals surface area contributed by atoms with Gasteiger partial charge in [0.2, 0.25) is 0 Å². The molecule has 66 valence electrons. The van der Waals surface area contributed by atoms with Gasteiger partial charge >= 0.3 is 0 Å². The summed E-state index contributed by atoms with van der Waals surface area (Å²) in [7, 11) is 0. The van der Waals surface area contributed by atoms with Gasteiger partial charge in [-0.3, -0.25) is 0 Å². The Morgan fingerprint density at radius 1 is 1.36 bits per heavy atom.